The van der Waals surface area contributed by atoms with Crippen molar-refractivity contribution in [2.75, 3.05) is 26.2 Å². The third-order valence-corrected chi connectivity index (χ3v) is 6.23. The average molecular weight is 366 g/mol. The normalized spacial score (nSPS) is 22.0. The number of hydrogen-bond acceptors (Lipinski definition) is 4. The monoisotopic (exact) mass is 365 g/mol. The summed E-state index contributed by atoms with van der Waals surface area (Å²) in [6.45, 7) is 11.0. The van der Waals surface area contributed by atoms with E-state index in [0.29, 0.717) is 0 Å². The van der Waals surface area contributed by atoms with E-state index in [1.54, 1.807) is 0 Å². The molecule has 2 aromatic carbocycles. The number of piperazine rings is 1. The summed E-state index contributed by atoms with van der Waals surface area (Å²) < 4.78 is 1.26. The van der Waals surface area contributed by atoms with Crippen LogP contribution in [0.25, 0.3) is 10.2 Å². The molecule has 3 nitrogen and oxygen atoms in total. The van der Waals surface area contributed by atoms with Crippen LogP contribution in [0.2, 0.25) is 0 Å². The van der Waals surface area contributed by atoms with Gasteiger partial charge in [0.1, 0.15) is 10.5 Å². The van der Waals surface area contributed by atoms with E-state index in [1.165, 1.54) is 15.3 Å². The van der Waals surface area contributed by atoms with Crippen LogP contribution in [0.1, 0.15) is 31.3 Å². The number of nitrogens with zero attached hydrogens (tertiary/aromatic N) is 2. The summed E-state index contributed by atoms with van der Waals surface area (Å²) in [5.74, 6) is 0. The molecule has 1 saturated heterocycles. The highest BCUT2D eigenvalue weighted by molar-refractivity contribution is 7.18. The van der Waals surface area contributed by atoms with Crippen LogP contribution in [0, 0.1) is 5.41 Å². The van der Waals surface area contributed by atoms with Crippen molar-refractivity contribution in [1.29, 1.82) is 0 Å². The fraction of sp³-hybridized carbons (Fsp3) is 0.409. The standard InChI is InChI=1S/C22H27N3S/c1-21(2,3)16-25-14-13-23-15-22(25,17-9-5-4-6-10-17)20-24-18-11-7-8-12-19(18)26-20/h4-12,23H,13-16H2,1-3H3. The number of fused-ring (bicyclic) bond motifs is 1. The average Bonchev–Trinajstić information content (AvgIpc) is 3.06. The third-order valence-electron chi connectivity index (χ3n) is 5.04. The molecule has 3 aromatic rings. The number of nitrogens with one attached hydrogen (secondary N) is 1. The van der Waals surface area contributed by atoms with Crippen molar-refractivity contribution in [3.05, 3.63) is 65.2 Å². The second kappa shape index (κ2) is 6.76. The molecule has 0 spiro atoms. The van der Waals surface area contributed by atoms with Gasteiger partial charge in [-0.15, -0.1) is 11.3 Å². The molecule has 4 heteroatoms. The van der Waals surface area contributed by atoms with Gasteiger partial charge in [0.25, 0.3) is 0 Å². The maximum atomic E-state index is 5.10. The number of rotatable bonds is 3. The summed E-state index contributed by atoms with van der Waals surface area (Å²) in [5.41, 5.74) is 2.45. The van der Waals surface area contributed by atoms with E-state index >= 15 is 0 Å². The van der Waals surface area contributed by atoms with Gasteiger partial charge in [-0.3, -0.25) is 4.90 Å². The number of hydrogen-bond donors (Lipinski definition) is 1. The Labute approximate surface area is 160 Å². The van der Waals surface area contributed by atoms with E-state index in [1.807, 2.05) is 11.3 Å². The zero-order valence-corrected chi connectivity index (χ0v) is 16.6. The van der Waals surface area contributed by atoms with Gasteiger partial charge in [0.15, 0.2) is 0 Å². The fourth-order valence-electron chi connectivity index (χ4n) is 3.95. The van der Waals surface area contributed by atoms with Crippen LogP contribution < -0.4 is 5.32 Å². The van der Waals surface area contributed by atoms with Gasteiger partial charge in [0.2, 0.25) is 0 Å². The Morgan fingerprint density at radius 2 is 1.81 bits per heavy atom. The second-order valence-electron chi connectivity index (χ2n) is 8.37. The lowest BCUT2D eigenvalue weighted by Crippen LogP contribution is -2.61. The van der Waals surface area contributed by atoms with Gasteiger partial charge in [-0.2, -0.15) is 0 Å². The Morgan fingerprint density at radius 3 is 2.54 bits per heavy atom. The van der Waals surface area contributed by atoms with Crippen LogP contribution in [0.4, 0.5) is 0 Å². The largest absolute Gasteiger partial charge is 0.313 e. The lowest BCUT2D eigenvalue weighted by atomic mass is 9.84. The molecule has 1 unspecified atom stereocenters. The molecule has 4 rings (SSSR count). The van der Waals surface area contributed by atoms with Crippen molar-refractivity contribution >= 4 is 21.6 Å². The first-order chi connectivity index (χ1) is 12.5. The predicted molar refractivity (Wildman–Crippen MR) is 111 cm³/mol. The minimum atomic E-state index is -0.212. The smallest absolute Gasteiger partial charge is 0.120 e. The molecule has 136 valence electrons. The highest BCUT2D eigenvalue weighted by Crippen LogP contribution is 2.42. The van der Waals surface area contributed by atoms with Crippen LogP contribution in [0.15, 0.2) is 54.6 Å². The van der Waals surface area contributed by atoms with Gasteiger partial charge in [-0.05, 0) is 23.1 Å². The van der Waals surface area contributed by atoms with E-state index < -0.39 is 0 Å². The molecular weight excluding hydrogens is 338 g/mol. The Morgan fingerprint density at radius 1 is 1.08 bits per heavy atom. The number of para-hydroxylation sites is 1. The van der Waals surface area contributed by atoms with Crippen molar-refractivity contribution < 1.29 is 0 Å². The Hall–Kier alpha value is -1.75. The first-order valence-electron chi connectivity index (χ1n) is 9.36. The third kappa shape index (κ3) is 3.18. The minimum Gasteiger partial charge on any atom is -0.313 e. The van der Waals surface area contributed by atoms with Crippen LogP contribution >= 0.6 is 11.3 Å². The highest BCUT2D eigenvalue weighted by Gasteiger charge is 2.45. The molecular formula is C22H27N3S. The van der Waals surface area contributed by atoms with E-state index in [2.05, 4.69) is 85.6 Å². The number of aromatic nitrogens is 1. The lowest BCUT2D eigenvalue weighted by Gasteiger charge is -2.48. The fourth-order valence-corrected chi connectivity index (χ4v) is 5.16. The minimum absolute atomic E-state index is 0.212. The molecule has 26 heavy (non-hydrogen) atoms. The van der Waals surface area contributed by atoms with Crippen molar-refractivity contribution in [2.45, 2.75) is 26.3 Å². The highest BCUT2D eigenvalue weighted by atomic mass is 32.1. The molecule has 1 aliphatic heterocycles. The summed E-state index contributed by atoms with van der Waals surface area (Å²) in [5, 5.41) is 4.85. The van der Waals surface area contributed by atoms with E-state index in [4.69, 9.17) is 4.98 Å². The molecule has 0 bridgehead atoms. The lowest BCUT2D eigenvalue weighted by molar-refractivity contribution is 0.0562. The van der Waals surface area contributed by atoms with E-state index in [0.717, 1.165) is 31.7 Å². The van der Waals surface area contributed by atoms with Crippen LogP contribution in [-0.2, 0) is 5.54 Å². The molecule has 0 aliphatic carbocycles. The summed E-state index contributed by atoms with van der Waals surface area (Å²) in [7, 11) is 0. The van der Waals surface area contributed by atoms with E-state index in [-0.39, 0.29) is 11.0 Å². The topological polar surface area (TPSA) is 28.2 Å². The van der Waals surface area contributed by atoms with Gasteiger partial charge in [-0.25, -0.2) is 4.98 Å². The summed E-state index contributed by atoms with van der Waals surface area (Å²) in [4.78, 5) is 7.75. The molecule has 1 aliphatic rings. The molecule has 1 N–H and O–H groups in total. The van der Waals surface area contributed by atoms with Gasteiger partial charge < -0.3 is 5.32 Å². The quantitative estimate of drug-likeness (QED) is 0.741. The molecule has 1 fully saturated rings. The molecule has 0 amide bonds. The first kappa shape index (κ1) is 17.7. The molecule has 2 heterocycles. The second-order valence-corrected chi connectivity index (χ2v) is 9.40. The van der Waals surface area contributed by atoms with Gasteiger partial charge in [0, 0.05) is 26.2 Å². The Kier molecular flexibility index (Phi) is 4.59. The Balaban J connectivity index is 1.91. The predicted octanol–water partition coefficient (Wildman–Crippen LogP) is 4.49. The summed E-state index contributed by atoms with van der Waals surface area (Å²) >= 11 is 1.83. The van der Waals surface area contributed by atoms with Crippen LogP contribution in [0.3, 0.4) is 0 Å². The van der Waals surface area contributed by atoms with Crippen molar-refractivity contribution in [3.63, 3.8) is 0 Å². The van der Waals surface area contributed by atoms with Crippen molar-refractivity contribution in [2.24, 2.45) is 5.41 Å². The zero-order chi connectivity index (χ0) is 18.2. The zero-order valence-electron chi connectivity index (χ0n) is 15.8. The number of thiazole rings is 1. The van der Waals surface area contributed by atoms with Gasteiger partial charge >= 0.3 is 0 Å². The van der Waals surface area contributed by atoms with E-state index in [9.17, 15) is 0 Å². The van der Waals surface area contributed by atoms with Crippen LogP contribution in [0.5, 0.6) is 0 Å². The summed E-state index contributed by atoms with van der Waals surface area (Å²) in [6, 6.07) is 19.4. The summed E-state index contributed by atoms with van der Waals surface area (Å²) in [6.07, 6.45) is 0. The molecule has 1 atom stereocenters. The first-order valence-corrected chi connectivity index (χ1v) is 10.2. The van der Waals surface area contributed by atoms with Crippen molar-refractivity contribution in [1.82, 2.24) is 15.2 Å². The van der Waals surface area contributed by atoms with Crippen molar-refractivity contribution in [3.8, 4) is 0 Å². The van der Waals surface area contributed by atoms with Crippen LogP contribution in [-0.4, -0.2) is 36.1 Å². The molecule has 0 radical (unpaired) electrons. The maximum Gasteiger partial charge on any atom is 0.120 e. The number of benzene rings is 2. The molecule has 1 aromatic heterocycles. The van der Waals surface area contributed by atoms with Gasteiger partial charge in [0.05, 0.1) is 10.2 Å². The molecule has 0 saturated carbocycles. The Bertz CT molecular complexity index is 848. The maximum absolute atomic E-state index is 5.10. The SMILES string of the molecule is CC(C)(C)CN1CCNCC1(c1ccccc1)c1nc2ccccc2s1. The van der Waals surface area contributed by atoms with Gasteiger partial charge in [-0.1, -0.05) is 63.2 Å².